The van der Waals surface area contributed by atoms with Crippen molar-refractivity contribution in [1.82, 2.24) is 0 Å². The summed E-state index contributed by atoms with van der Waals surface area (Å²) in [5, 5.41) is 0.358. The number of amides is 1. The Hall–Kier alpha value is -1.55. The first-order chi connectivity index (χ1) is 7.47. The second kappa shape index (κ2) is 4.99. The lowest BCUT2D eigenvalue weighted by atomic mass is 10.2. The molecule has 1 rings (SSSR count). The molecule has 0 bridgehead atoms. The largest absolute Gasteiger partial charge is 0.497 e. The van der Waals surface area contributed by atoms with Gasteiger partial charge in [0.05, 0.1) is 17.8 Å². The lowest BCUT2D eigenvalue weighted by Gasteiger charge is -2.17. The number of hydrogen-bond acceptors (Lipinski definition) is 3. The van der Waals surface area contributed by atoms with Crippen LogP contribution in [0, 0.1) is 0 Å². The van der Waals surface area contributed by atoms with Crippen molar-refractivity contribution in [1.29, 1.82) is 0 Å². The number of ketones is 1. The van der Waals surface area contributed by atoms with Crippen LogP contribution in [0.3, 0.4) is 0 Å². The molecule has 16 heavy (non-hydrogen) atoms. The Morgan fingerprint density at radius 2 is 2.00 bits per heavy atom. The van der Waals surface area contributed by atoms with E-state index in [1.165, 1.54) is 26.0 Å². The molecule has 0 saturated carbocycles. The van der Waals surface area contributed by atoms with Crippen LogP contribution >= 0.6 is 11.6 Å². The van der Waals surface area contributed by atoms with Gasteiger partial charge in [0.2, 0.25) is 5.78 Å². The Morgan fingerprint density at radius 1 is 1.38 bits per heavy atom. The minimum atomic E-state index is -0.605. The topological polar surface area (TPSA) is 46.6 Å². The second-order valence-corrected chi connectivity index (χ2v) is 3.64. The molecule has 0 heterocycles. The van der Waals surface area contributed by atoms with Crippen molar-refractivity contribution in [3.63, 3.8) is 0 Å². The van der Waals surface area contributed by atoms with E-state index >= 15 is 0 Å². The molecule has 0 atom stereocenters. The lowest BCUT2D eigenvalue weighted by molar-refractivity contribution is -0.134. The van der Waals surface area contributed by atoms with Crippen molar-refractivity contribution in [2.75, 3.05) is 19.1 Å². The Labute approximate surface area is 98.8 Å². The Bertz CT molecular complexity index is 431. The maximum absolute atomic E-state index is 11.4. The van der Waals surface area contributed by atoms with E-state index < -0.39 is 11.7 Å². The van der Waals surface area contributed by atoms with Gasteiger partial charge in [0.25, 0.3) is 5.91 Å². The van der Waals surface area contributed by atoms with Crippen molar-refractivity contribution < 1.29 is 14.3 Å². The van der Waals surface area contributed by atoms with Crippen LogP contribution in [0.25, 0.3) is 0 Å². The van der Waals surface area contributed by atoms with E-state index in [1.807, 2.05) is 0 Å². The van der Waals surface area contributed by atoms with Crippen LogP contribution in [-0.4, -0.2) is 25.8 Å². The molecule has 1 amide bonds. The first kappa shape index (κ1) is 12.5. The zero-order chi connectivity index (χ0) is 12.3. The van der Waals surface area contributed by atoms with Gasteiger partial charge >= 0.3 is 0 Å². The summed E-state index contributed by atoms with van der Waals surface area (Å²) >= 11 is 5.97. The number of Topliss-reactive ketones (excluding diaryl/α,β-unsaturated/α-hetero) is 1. The standard InChI is InChI=1S/C11H12ClNO3/c1-7(14)11(15)13(2)10-5-4-8(16-3)6-9(10)12/h4-6H,1-3H3. The normalized spacial score (nSPS) is 9.75. The van der Waals surface area contributed by atoms with Crippen molar-refractivity contribution in [2.24, 2.45) is 0 Å². The summed E-state index contributed by atoms with van der Waals surface area (Å²) in [5.74, 6) is -0.543. The number of halogens is 1. The SMILES string of the molecule is COc1ccc(N(C)C(=O)C(C)=O)c(Cl)c1. The number of methoxy groups -OCH3 is 1. The first-order valence-electron chi connectivity index (χ1n) is 4.59. The highest BCUT2D eigenvalue weighted by Gasteiger charge is 2.17. The molecule has 0 radical (unpaired) electrons. The van der Waals surface area contributed by atoms with Crippen molar-refractivity contribution >= 4 is 29.0 Å². The zero-order valence-electron chi connectivity index (χ0n) is 9.28. The summed E-state index contributed by atoms with van der Waals surface area (Å²) in [6.07, 6.45) is 0. The highest BCUT2D eigenvalue weighted by atomic mass is 35.5. The highest BCUT2D eigenvalue weighted by Crippen LogP contribution is 2.29. The molecule has 0 fully saturated rings. The van der Waals surface area contributed by atoms with Crippen molar-refractivity contribution in [2.45, 2.75) is 6.92 Å². The fraction of sp³-hybridized carbons (Fsp3) is 0.273. The van der Waals surface area contributed by atoms with E-state index in [4.69, 9.17) is 16.3 Å². The Balaban J connectivity index is 3.05. The van der Waals surface area contributed by atoms with Gasteiger partial charge in [-0.05, 0) is 12.1 Å². The third-order valence-corrected chi connectivity index (χ3v) is 2.42. The van der Waals surface area contributed by atoms with Crippen LogP contribution in [0.15, 0.2) is 18.2 Å². The predicted molar refractivity (Wildman–Crippen MR) is 62.1 cm³/mol. The molecule has 0 aliphatic heterocycles. The molecular weight excluding hydrogens is 230 g/mol. The summed E-state index contributed by atoms with van der Waals surface area (Å²) in [6.45, 7) is 1.22. The molecule has 0 aliphatic carbocycles. The minimum Gasteiger partial charge on any atom is -0.497 e. The number of anilines is 1. The highest BCUT2D eigenvalue weighted by molar-refractivity contribution is 6.42. The maximum Gasteiger partial charge on any atom is 0.293 e. The minimum absolute atomic E-state index is 0.358. The Morgan fingerprint density at radius 3 is 2.44 bits per heavy atom. The molecule has 0 N–H and O–H groups in total. The van der Waals surface area contributed by atoms with E-state index in [9.17, 15) is 9.59 Å². The summed E-state index contributed by atoms with van der Waals surface area (Å²) in [4.78, 5) is 23.6. The first-order valence-corrected chi connectivity index (χ1v) is 4.97. The van der Waals surface area contributed by atoms with Gasteiger partial charge in [0, 0.05) is 20.0 Å². The van der Waals surface area contributed by atoms with Gasteiger partial charge in [-0.25, -0.2) is 0 Å². The van der Waals surface area contributed by atoms with Gasteiger partial charge in [0.1, 0.15) is 5.75 Å². The van der Waals surface area contributed by atoms with Gasteiger partial charge in [0.15, 0.2) is 0 Å². The smallest absolute Gasteiger partial charge is 0.293 e. The second-order valence-electron chi connectivity index (χ2n) is 3.24. The number of carbonyl (C=O) groups excluding carboxylic acids is 2. The lowest BCUT2D eigenvalue weighted by Crippen LogP contribution is -2.31. The molecule has 4 nitrogen and oxygen atoms in total. The molecular formula is C11H12ClNO3. The fourth-order valence-electron chi connectivity index (χ4n) is 1.23. The van der Waals surface area contributed by atoms with Crippen molar-refractivity contribution in [3.05, 3.63) is 23.2 Å². The molecule has 86 valence electrons. The fourth-order valence-corrected chi connectivity index (χ4v) is 1.53. The Kier molecular flexibility index (Phi) is 3.90. The summed E-state index contributed by atoms with van der Waals surface area (Å²) in [6, 6.07) is 4.88. The number of rotatable bonds is 3. The maximum atomic E-state index is 11.4. The van der Waals surface area contributed by atoms with Gasteiger partial charge in [-0.1, -0.05) is 11.6 Å². The van der Waals surface area contributed by atoms with Crippen LogP contribution in [-0.2, 0) is 9.59 Å². The average molecular weight is 242 g/mol. The molecule has 0 spiro atoms. The van der Waals surface area contributed by atoms with Gasteiger partial charge in [-0.2, -0.15) is 0 Å². The summed E-state index contributed by atoms with van der Waals surface area (Å²) < 4.78 is 4.98. The zero-order valence-corrected chi connectivity index (χ0v) is 10.0. The van der Waals surface area contributed by atoms with Crippen LogP contribution in [0.4, 0.5) is 5.69 Å². The number of likely N-dealkylation sites (N-methyl/N-ethyl adjacent to an activating group) is 1. The third kappa shape index (κ3) is 2.52. The quantitative estimate of drug-likeness (QED) is 0.760. The van der Waals surface area contributed by atoms with Crippen LogP contribution in [0.5, 0.6) is 5.75 Å². The number of benzene rings is 1. The number of nitrogens with zero attached hydrogens (tertiary/aromatic N) is 1. The van der Waals surface area contributed by atoms with E-state index in [-0.39, 0.29) is 0 Å². The van der Waals surface area contributed by atoms with Gasteiger partial charge in [-0.3, -0.25) is 9.59 Å². The molecule has 0 unspecified atom stereocenters. The number of ether oxygens (including phenoxy) is 1. The molecule has 1 aromatic carbocycles. The molecule has 0 saturated heterocycles. The third-order valence-electron chi connectivity index (χ3n) is 2.12. The van der Waals surface area contributed by atoms with Crippen molar-refractivity contribution in [3.8, 4) is 5.75 Å². The van der Waals surface area contributed by atoms with E-state index in [0.717, 1.165) is 0 Å². The summed E-state index contributed by atoms with van der Waals surface area (Å²) in [7, 11) is 3.02. The molecule has 5 heteroatoms. The monoisotopic (exact) mass is 241 g/mol. The molecule has 0 aliphatic rings. The van der Waals surface area contributed by atoms with Crippen LogP contribution in [0.2, 0.25) is 5.02 Å². The predicted octanol–water partition coefficient (Wildman–Crippen LogP) is 1.90. The number of hydrogen-bond donors (Lipinski definition) is 0. The number of carbonyl (C=O) groups is 2. The summed E-state index contributed by atoms with van der Waals surface area (Å²) in [5.41, 5.74) is 0.475. The average Bonchev–Trinajstić information content (AvgIpc) is 2.26. The molecule has 0 aromatic heterocycles. The van der Waals surface area contributed by atoms with E-state index in [0.29, 0.717) is 16.5 Å². The van der Waals surface area contributed by atoms with Gasteiger partial charge < -0.3 is 9.64 Å². The van der Waals surface area contributed by atoms with E-state index in [1.54, 1.807) is 18.2 Å². The van der Waals surface area contributed by atoms with Crippen LogP contribution in [0.1, 0.15) is 6.92 Å². The molecule has 1 aromatic rings. The van der Waals surface area contributed by atoms with Crippen LogP contribution < -0.4 is 9.64 Å². The van der Waals surface area contributed by atoms with Gasteiger partial charge in [-0.15, -0.1) is 0 Å². The van der Waals surface area contributed by atoms with E-state index in [2.05, 4.69) is 0 Å².